The third kappa shape index (κ3) is 2.77. The summed E-state index contributed by atoms with van der Waals surface area (Å²) in [4.78, 5) is 0. The van der Waals surface area contributed by atoms with Crippen LogP contribution in [0.15, 0.2) is 66.7 Å². The number of rotatable bonds is 4. The molecule has 1 atom stereocenters. The van der Waals surface area contributed by atoms with E-state index >= 15 is 0 Å². The number of hydrogen-bond acceptors (Lipinski definition) is 2. The van der Waals surface area contributed by atoms with Gasteiger partial charge in [-0.05, 0) is 28.2 Å². The fourth-order valence-electron chi connectivity index (χ4n) is 2.70. The fourth-order valence-corrected chi connectivity index (χ4v) is 3.80. The van der Waals surface area contributed by atoms with E-state index in [1.807, 2.05) is 42.1 Å². The van der Waals surface area contributed by atoms with E-state index in [9.17, 15) is 5.11 Å². The second-order valence-corrected chi connectivity index (χ2v) is 6.35. The highest BCUT2D eigenvalue weighted by atomic mass is 32.2. The highest BCUT2D eigenvalue weighted by Crippen LogP contribution is 2.43. The summed E-state index contributed by atoms with van der Waals surface area (Å²) in [7, 11) is 0. The van der Waals surface area contributed by atoms with Gasteiger partial charge in [0.25, 0.3) is 0 Å². The molecule has 1 unspecified atom stereocenters. The maximum atomic E-state index is 10.5. The Morgan fingerprint density at radius 1 is 0.905 bits per heavy atom. The Kier molecular flexibility index (Phi) is 4.16. The van der Waals surface area contributed by atoms with Gasteiger partial charge in [0.15, 0.2) is 0 Å². The summed E-state index contributed by atoms with van der Waals surface area (Å²) in [6, 6.07) is 22.5. The van der Waals surface area contributed by atoms with Crippen molar-refractivity contribution in [1.29, 1.82) is 0 Å². The topological polar surface area (TPSA) is 20.2 Å². The quantitative estimate of drug-likeness (QED) is 0.696. The number of thioether (sulfide) groups is 1. The SMILES string of the molecule is CCSC(c1ccccc1)c1c(O)ccc2ccccc12. The lowest BCUT2D eigenvalue weighted by atomic mass is 9.97. The van der Waals surface area contributed by atoms with Crippen molar-refractivity contribution in [3.63, 3.8) is 0 Å². The zero-order chi connectivity index (χ0) is 14.7. The average Bonchev–Trinajstić information content (AvgIpc) is 2.54. The van der Waals surface area contributed by atoms with Gasteiger partial charge in [-0.15, -0.1) is 11.8 Å². The predicted octanol–water partition coefficient (Wildman–Crippen LogP) is 5.39. The molecule has 3 rings (SSSR count). The molecule has 0 saturated heterocycles. The first-order chi connectivity index (χ1) is 10.3. The average molecular weight is 294 g/mol. The number of aromatic hydroxyl groups is 1. The Bertz CT molecular complexity index is 737. The van der Waals surface area contributed by atoms with Gasteiger partial charge in [0.1, 0.15) is 5.75 Å². The molecule has 0 heterocycles. The summed E-state index contributed by atoms with van der Waals surface area (Å²) < 4.78 is 0. The second-order valence-electron chi connectivity index (χ2n) is 4.97. The van der Waals surface area contributed by atoms with Gasteiger partial charge in [0.2, 0.25) is 0 Å². The lowest BCUT2D eigenvalue weighted by Gasteiger charge is -2.20. The van der Waals surface area contributed by atoms with Gasteiger partial charge in [-0.3, -0.25) is 0 Å². The molecule has 0 saturated carbocycles. The zero-order valence-electron chi connectivity index (χ0n) is 12.0. The molecular formula is C19H18OS. The van der Waals surface area contributed by atoms with E-state index in [1.54, 1.807) is 0 Å². The Hall–Kier alpha value is -1.93. The van der Waals surface area contributed by atoms with E-state index in [1.165, 1.54) is 10.9 Å². The van der Waals surface area contributed by atoms with Gasteiger partial charge in [-0.1, -0.05) is 67.6 Å². The number of phenolic OH excluding ortho intramolecular Hbond substituents is 1. The Morgan fingerprint density at radius 3 is 2.38 bits per heavy atom. The van der Waals surface area contributed by atoms with Crippen molar-refractivity contribution in [1.82, 2.24) is 0 Å². The Morgan fingerprint density at radius 2 is 1.62 bits per heavy atom. The first-order valence-electron chi connectivity index (χ1n) is 7.18. The molecule has 106 valence electrons. The number of fused-ring (bicyclic) bond motifs is 1. The van der Waals surface area contributed by atoms with Crippen LogP contribution in [-0.4, -0.2) is 10.9 Å². The molecule has 0 fully saturated rings. The maximum Gasteiger partial charge on any atom is 0.120 e. The summed E-state index contributed by atoms with van der Waals surface area (Å²) in [5.74, 6) is 1.38. The van der Waals surface area contributed by atoms with Crippen LogP contribution < -0.4 is 0 Å². The molecule has 0 amide bonds. The zero-order valence-corrected chi connectivity index (χ0v) is 12.8. The van der Waals surface area contributed by atoms with Crippen LogP contribution in [0.3, 0.4) is 0 Å². The van der Waals surface area contributed by atoms with Gasteiger partial charge < -0.3 is 5.11 Å². The van der Waals surface area contributed by atoms with Crippen molar-refractivity contribution in [2.24, 2.45) is 0 Å². The van der Waals surface area contributed by atoms with E-state index in [4.69, 9.17) is 0 Å². The van der Waals surface area contributed by atoms with Crippen molar-refractivity contribution in [2.45, 2.75) is 12.2 Å². The smallest absolute Gasteiger partial charge is 0.120 e. The fraction of sp³-hybridized carbons (Fsp3) is 0.158. The third-order valence-corrected chi connectivity index (χ3v) is 4.82. The molecule has 2 heteroatoms. The minimum absolute atomic E-state index is 0.155. The summed E-state index contributed by atoms with van der Waals surface area (Å²) in [6.07, 6.45) is 0. The molecule has 0 aromatic heterocycles. The minimum Gasteiger partial charge on any atom is -0.508 e. The molecule has 21 heavy (non-hydrogen) atoms. The maximum absolute atomic E-state index is 10.5. The molecule has 0 aliphatic heterocycles. The number of phenols is 1. The van der Waals surface area contributed by atoms with Crippen molar-refractivity contribution >= 4 is 22.5 Å². The van der Waals surface area contributed by atoms with E-state index in [0.29, 0.717) is 5.75 Å². The Labute approximate surface area is 129 Å². The van der Waals surface area contributed by atoms with Crippen LogP contribution in [0.5, 0.6) is 5.75 Å². The lowest BCUT2D eigenvalue weighted by molar-refractivity contribution is 0.470. The molecule has 3 aromatic carbocycles. The molecular weight excluding hydrogens is 276 g/mol. The van der Waals surface area contributed by atoms with E-state index < -0.39 is 0 Å². The summed E-state index contributed by atoms with van der Waals surface area (Å²) >= 11 is 1.85. The van der Waals surface area contributed by atoms with Crippen LogP contribution in [0.2, 0.25) is 0 Å². The van der Waals surface area contributed by atoms with Crippen LogP contribution in [0.4, 0.5) is 0 Å². The van der Waals surface area contributed by atoms with Crippen LogP contribution in [0, 0.1) is 0 Å². The molecule has 0 bridgehead atoms. The molecule has 0 aliphatic rings. The highest BCUT2D eigenvalue weighted by molar-refractivity contribution is 7.99. The van der Waals surface area contributed by atoms with Crippen LogP contribution in [-0.2, 0) is 0 Å². The van der Waals surface area contributed by atoms with Gasteiger partial charge in [-0.25, -0.2) is 0 Å². The first-order valence-corrected chi connectivity index (χ1v) is 8.23. The number of benzene rings is 3. The van der Waals surface area contributed by atoms with Crippen molar-refractivity contribution in [3.05, 3.63) is 77.9 Å². The molecule has 3 aromatic rings. The van der Waals surface area contributed by atoms with Gasteiger partial charge in [0, 0.05) is 5.56 Å². The molecule has 0 radical (unpaired) electrons. The van der Waals surface area contributed by atoms with Gasteiger partial charge >= 0.3 is 0 Å². The predicted molar refractivity (Wildman–Crippen MR) is 92.0 cm³/mol. The molecule has 1 nitrogen and oxygen atoms in total. The van der Waals surface area contributed by atoms with Crippen molar-refractivity contribution in [3.8, 4) is 5.75 Å². The lowest BCUT2D eigenvalue weighted by Crippen LogP contribution is -1.99. The van der Waals surface area contributed by atoms with Gasteiger partial charge in [0.05, 0.1) is 5.25 Å². The third-order valence-electron chi connectivity index (χ3n) is 3.65. The van der Waals surface area contributed by atoms with E-state index in [2.05, 4.69) is 43.3 Å². The Balaban J connectivity index is 2.22. The van der Waals surface area contributed by atoms with Gasteiger partial charge in [-0.2, -0.15) is 0 Å². The second kappa shape index (κ2) is 6.23. The number of hydrogen-bond donors (Lipinski definition) is 1. The largest absolute Gasteiger partial charge is 0.508 e. The first kappa shape index (κ1) is 14.0. The molecule has 0 aliphatic carbocycles. The summed E-state index contributed by atoms with van der Waals surface area (Å²) in [5.41, 5.74) is 2.25. The van der Waals surface area contributed by atoms with E-state index in [-0.39, 0.29) is 5.25 Å². The van der Waals surface area contributed by atoms with E-state index in [0.717, 1.165) is 16.7 Å². The summed E-state index contributed by atoms with van der Waals surface area (Å²) in [6.45, 7) is 2.16. The standard InChI is InChI=1S/C19H18OS/c1-2-21-19(15-9-4-3-5-10-15)18-16-11-7-6-8-14(16)12-13-17(18)20/h3-13,19-20H,2H2,1H3. The normalized spacial score (nSPS) is 12.4. The van der Waals surface area contributed by atoms with Crippen molar-refractivity contribution < 1.29 is 5.11 Å². The molecule has 1 N–H and O–H groups in total. The summed E-state index contributed by atoms with van der Waals surface area (Å²) in [5, 5.41) is 12.9. The highest BCUT2D eigenvalue weighted by Gasteiger charge is 2.20. The van der Waals surface area contributed by atoms with Crippen LogP contribution >= 0.6 is 11.8 Å². The molecule has 0 spiro atoms. The van der Waals surface area contributed by atoms with Crippen LogP contribution in [0.1, 0.15) is 23.3 Å². The monoisotopic (exact) mass is 294 g/mol. The van der Waals surface area contributed by atoms with Crippen LogP contribution in [0.25, 0.3) is 10.8 Å². The van der Waals surface area contributed by atoms with Crippen molar-refractivity contribution in [2.75, 3.05) is 5.75 Å². The minimum atomic E-state index is 0.155.